The molecule has 0 aromatic heterocycles. The van der Waals surface area contributed by atoms with Gasteiger partial charge < -0.3 is 10.2 Å². The molecule has 1 aromatic carbocycles. The Balaban J connectivity index is 2.38. The summed E-state index contributed by atoms with van der Waals surface area (Å²) < 4.78 is 26.6. The Morgan fingerprint density at radius 3 is 2.35 bits per heavy atom. The third-order valence-electron chi connectivity index (χ3n) is 3.24. The molecule has 4 nitrogen and oxygen atoms in total. The van der Waals surface area contributed by atoms with E-state index in [1.165, 1.54) is 4.90 Å². The third-order valence-corrected chi connectivity index (χ3v) is 3.24. The number of halogens is 2. The zero-order valence-corrected chi connectivity index (χ0v) is 11.3. The van der Waals surface area contributed by atoms with Gasteiger partial charge in [-0.1, -0.05) is 13.8 Å². The fourth-order valence-corrected chi connectivity index (χ4v) is 2.20. The minimum absolute atomic E-state index is 0.104. The van der Waals surface area contributed by atoms with Gasteiger partial charge in [0.15, 0.2) is 0 Å². The molecule has 0 radical (unpaired) electrons. The van der Waals surface area contributed by atoms with Crippen LogP contribution in [0.25, 0.3) is 0 Å². The smallest absolute Gasteiger partial charge is 0.249 e. The molecule has 0 aliphatic carbocycles. The minimum Gasteiger partial charge on any atom is -0.344 e. The number of hydrogen-bond donors (Lipinski definition) is 1. The van der Waals surface area contributed by atoms with E-state index < -0.39 is 17.7 Å². The lowest BCUT2D eigenvalue weighted by molar-refractivity contribution is -0.126. The van der Waals surface area contributed by atoms with Crippen LogP contribution in [0.3, 0.4) is 0 Å². The van der Waals surface area contributed by atoms with Crippen molar-refractivity contribution in [3.8, 4) is 0 Å². The summed E-state index contributed by atoms with van der Waals surface area (Å²) in [7, 11) is 0. The molecule has 2 amide bonds. The van der Waals surface area contributed by atoms with E-state index in [4.69, 9.17) is 0 Å². The summed E-state index contributed by atoms with van der Waals surface area (Å²) in [5.41, 5.74) is 0.134. The van der Waals surface area contributed by atoms with Crippen LogP contribution in [0.15, 0.2) is 18.2 Å². The Hall–Kier alpha value is -1.98. The summed E-state index contributed by atoms with van der Waals surface area (Å²) in [5.74, 6) is -2.20. The van der Waals surface area contributed by atoms with Gasteiger partial charge >= 0.3 is 0 Å². The molecule has 0 saturated carbocycles. The highest BCUT2D eigenvalue weighted by Crippen LogP contribution is 2.22. The summed E-state index contributed by atoms with van der Waals surface area (Å²) in [4.78, 5) is 25.3. The number of amides is 2. The van der Waals surface area contributed by atoms with Gasteiger partial charge in [-0.15, -0.1) is 0 Å². The van der Waals surface area contributed by atoms with Crippen LogP contribution >= 0.6 is 0 Å². The van der Waals surface area contributed by atoms with Crippen molar-refractivity contribution in [3.63, 3.8) is 0 Å². The van der Waals surface area contributed by atoms with Crippen LogP contribution in [0.4, 0.5) is 14.5 Å². The molecule has 1 aromatic rings. The molecule has 1 aliphatic heterocycles. The standard InChI is InChI=1S/C14H16F2N2O2/c1-8(2)13-14(20)18(4-3-12(19)17-13)11-6-9(15)5-10(16)7-11/h5-8,13H,3-4H2,1-2H3,(H,17,19). The lowest BCUT2D eigenvalue weighted by atomic mass is 10.0. The normalized spacial score (nSPS) is 20.1. The number of nitrogens with one attached hydrogen (secondary N) is 1. The second-order valence-electron chi connectivity index (χ2n) is 5.16. The molecule has 1 fully saturated rings. The number of anilines is 1. The topological polar surface area (TPSA) is 49.4 Å². The molecular formula is C14H16F2N2O2. The second-order valence-corrected chi connectivity index (χ2v) is 5.16. The highest BCUT2D eigenvalue weighted by Gasteiger charge is 2.32. The number of carbonyl (C=O) groups is 2. The van der Waals surface area contributed by atoms with Crippen molar-refractivity contribution in [1.29, 1.82) is 0 Å². The highest BCUT2D eigenvalue weighted by molar-refractivity contribution is 6.01. The summed E-state index contributed by atoms with van der Waals surface area (Å²) in [6, 6.07) is 2.24. The van der Waals surface area contributed by atoms with Crippen molar-refractivity contribution in [2.24, 2.45) is 5.92 Å². The van der Waals surface area contributed by atoms with Gasteiger partial charge in [0.25, 0.3) is 0 Å². The SMILES string of the molecule is CC(C)C1NC(=O)CCN(c2cc(F)cc(F)c2)C1=O. The summed E-state index contributed by atoms with van der Waals surface area (Å²) >= 11 is 0. The first-order valence-electron chi connectivity index (χ1n) is 6.45. The van der Waals surface area contributed by atoms with Gasteiger partial charge in [-0.2, -0.15) is 0 Å². The van der Waals surface area contributed by atoms with Crippen LogP contribution in [0.2, 0.25) is 0 Å². The van der Waals surface area contributed by atoms with Crippen LogP contribution in [-0.2, 0) is 9.59 Å². The van der Waals surface area contributed by atoms with Crippen molar-refractivity contribution < 1.29 is 18.4 Å². The molecule has 1 heterocycles. The quantitative estimate of drug-likeness (QED) is 0.900. The van der Waals surface area contributed by atoms with Crippen LogP contribution in [-0.4, -0.2) is 24.4 Å². The number of rotatable bonds is 2. The maximum Gasteiger partial charge on any atom is 0.249 e. The van der Waals surface area contributed by atoms with Crippen molar-refractivity contribution >= 4 is 17.5 Å². The molecule has 0 bridgehead atoms. The van der Waals surface area contributed by atoms with Crippen LogP contribution in [0.1, 0.15) is 20.3 Å². The Bertz CT molecular complexity index is 526. The Labute approximate surface area is 115 Å². The largest absolute Gasteiger partial charge is 0.344 e. The van der Waals surface area contributed by atoms with E-state index in [2.05, 4.69) is 5.32 Å². The van der Waals surface area contributed by atoms with E-state index in [9.17, 15) is 18.4 Å². The highest BCUT2D eigenvalue weighted by atomic mass is 19.1. The van der Waals surface area contributed by atoms with Crippen molar-refractivity contribution in [3.05, 3.63) is 29.8 Å². The van der Waals surface area contributed by atoms with Gasteiger partial charge in [0, 0.05) is 24.7 Å². The Morgan fingerprint density at radius 1 is 1.20 bits per heavy atom. The molecule has 1 atom stereocenters. The van der Waals surface area contributed by atoms with Gasteiger partial charge in [0.05, 0.1) is 0 Å². The predicted octanol–water partition coefficient (Wildman–Crippen LogP) is 1.84. The van der Waals surface area contributed by atoms with E-state index in [1.54, 1.807) is 13.8 Å². The molecule has 1 unspecified atom stereocenters. The number of benzene rings is 1. The van der Waals surface area contributed by atoms with Gasteiger partial charge in [0.1, 0.15) is 17.7 Å². The van der Waals surface area contributed by atoms with E-state index in [0.29, 0.717) is 0 Å². The van der Waals surface area contributed by atoms with Crippen molar-refractivity contribution in [1.82, 2.24) is 5.32 Å². The van der Waals surface area contributed by atoms with Gasteiger partial charge in [-0.05, 0) is 18.1 Å². The third kappa shape index (κ3) is 2.95. The minimum atomic E-state index is -0.752. The Kier molecular flexibility index (Phi) is 4.01. The van der Waals surface area contributed by atoms with Crippen molar-refractivity contribution in [2.75, 3.05) is 11.4 Å². The first-order chi connectivity index (χ1) is 9.38. The maximum absolute atomic E-state index is 13.3. The zero-order valence-electron chi connectivity index (χ0n) is 11.3. The Morgan fingerprint density at radius 2 is 1.80 bits per heavy atom. The molecule has 0 spiro atoms. The van der Waals surface area contributed by atoms with Crippen LogP contribution in [0.5, 0.6) is 0 Å². The van der Waals surface area contributed by atoms with Gasteiger partial charge in [-0.25, -0.2) is 8.78 Å². The van der Waals surface area contributed by atoms with Gasteiger partial charge in [0.2, 0.25) is 11.8 Å². The number of hydrogen-bond acceptors (Lipinski definition) is 2. The molecule has 108 valence electrons. The molecule has 6 heteroatoms. The summed E-state index contributed by atoms with van der Waals surface area (Å²) in [6.07, 6.45) is 0.104. The lowest BCUT2D eigenvalue weighted by Crippen LogP contribution is -2.47. The average Bonchev–Trinajstić information content (AvgIpc) is 2.48. The monoisotopic (exact) mass is 282 g/mol. The fraction of sp³-hybridized carbons (Fsp3) is 0.429. The lowest BCUT2D eigenvalue weighted by Gasteiger charge is -2.26. The molecule has 1 aliphatic rings. The second kappa shape index (κ2) is 5.56. The number of nitrogens with zero attached hydrogens (tertiary/aromatic N) is 1. The van der Waals surface area contributed by atoms with E-state index in [-0.39, 0.29) is 36.4 Å². The average molecular weight is 282 g/mol. The number of carbonyl (C=O) groups excluding carboxylic acids is 2. The molecule has 2 rings (SSSR count). The predicted molar refractivity (Wildman–Crippen MR) is 70.1 cm³/mol. The van der Waals surface area contributed by atoms with Crippen LogP contribution < -0.4 is 10.2 Å². The fourth-order valence-electron chi connectivity index (χ4n) is 2.20. The summed E-state index contributed by atoms with van der Waals surface area (Å²) in [5, 5.41) is 2.64. The first-order valence-corrected chi connectivity index (χ1v) is 6.45. The molecule has 1 N–H and O–H groups in total. The molecule has 1 saturated heterocycles. The zero-order chi connectivity index (χ0) is 14.9. The van der Waals surface area contributed by atoms with E-state index in [1.807, 2.05) is 0 Å². The van der Waals surface area contributed by atoms with E-state index in [0.717, 1.165) is 18.2 Å². The van der Waals surface area contributed by atoms with E-state index >= 15 is 0 Å². The first kappa shape index (κ1) is 14.4. The van der Waals surface area contributed by atoms with Crippen LogP contribution in [0, 0.1) is 17.6 Å². The summed E-state index contributed by atoms with van der Waals surface area (Å²) in [6.45, 7) is 3.72. The van der Waals surface area contributed by atoms with Gasteiger partial charge in [-0.3, -0.25) is 9.59 Å². The van der Waals surface area contributed by atoms with Crippen molar-refractivity contribution in [2.45, 2.75) is 26.3 Å². The maximum atomic E-state index is 13.3. The molecule has 20 heavy (non-hydrogen) atoms. The molecular weight excluding hydrogens is 266 g/mol.